The molecule has 0 aromatic heterocycles. The highest BCUT2D eigenvalue weighted by Gasteiger charge is 2.47. The van der Waals surface area contributed by atoms with Gasteiger partial charge in [-0.2, -0.15) is 0 Å². The van der Waals surface area contributed by atoms with Crippen molar-refractivity contribution in [2.24, 2.45) is 0 Å². The van der Waals surface area contributed by atoms with Gasteiger partial charge in [0.25, 0.3) is 0 Å². The van der Waals surface area contributed by atoms with Gasteiger partial charge in [0.1, 0.15) is 24.4 Å². The molecule has 1 saturated heterocycles. The lowest BCUT2D eigenvalue weighted by atomic mass is 9.99. The Balaban J connectivity index is 2.78. The maximum atomic E-state index is 13.3. The van der Waals surface area contributed by atoms with Crippen LogP contribution in [0.3, 0.4) is 0 Å². The first-order valence-electron chi connectivity index (χ1n) is 26.8. The van der Waals surface area contributed by atoms with Crippen LogP contribution >= 0.6 is 0 Å². The van der Waals surface area contributed by atoms with Gasteiger partial charge < -0.3 is 45.1 Å². The van der Waals surface area contributed by atoms with Crippen LogP contribution in [0.5, 0.6) is 0 Å². The van der Waals surface area contributed by atoms with E-state index in [1.54, 1.807) is 6.08 Å². The van der Waals surface area contributed by atoms with Gasteiger partial charge >= 0.3 is 5.97 Å². The average molecular weight is 922 g/mol. The maximum Gasteiger partial charge on any atom is 0.306 e. The molecular formula is C54H99NO10. The summed E-state index contributed by atoms with van der Waals surface area (Å²) in [6.45, 7) is 5.64. The van der Waals surface area contributed by atoms with Crippen molar-refractivity contribution in [3.05, 3.63) is 36.5 Å². The number of esters is 1. The molecule has 0 aliphatic carbocycles. The molecular weight excluding hydrogens is 823 g/mol. The fourth-order valence-electron chi connectivity index (χ4n) is 8.28. The lowest BCUT2D eigenvalue weighted by molar-refractivity contribution is -0.305. The van der Waals surface area contributed by atoms with E-state index < -0.39 is 67.4 Å². The van der Waals surface area contributed by atoms with Crippen molar-refractivity contribution < 1.29 is 49.3 Å². The number of carbonyl (C=O) groups excluding carboxylic acids is 2. The van der Waals surface area contributed by atoms with Crippen molar-refractivity contribution >= 4 is 11.9 Å². The molecule has 1 heterocycles. The number of hydrogen-bond acceptors (Lipinski definition) is 10. The Kier molecular flexibility index (Phi) is 40.5. The van der Waals surface area contributed by atoms with Crippen molar-refractivity contribution in [2.45, 2.75) is 282 Å². The van der Waals surface area contributed by atoms with Crippen LogP contribution in [0.2, 0.25) is 0 Å². The van der Waals surface area contributed by atoms with Crippen LogP contribution in [0.4, 0.5) is 0 Å². The quantitative estimate of drug-likeness (QED) is 0.0196. The van der Waals surface area contributed by atoms with Crippen molar-refractivity contribution in [3.63, 3.8) is 0 Å². The van der Waals surface area contributed by atoms with Gasteiger partial charge in [-0.15, -0.1) is 0 Å². The van der Waals surface area contributed by atoms with Gasteiger partial charge in [0.15, 0.2) is 12.4 Å². The number of amides is 1. The summed E-state index contributed by atoms with van der Waals surface area (Å²) in [5, 5.41) is 56.6. The predicted molar refractivity (Wildman–Crippen MR) is 264 cm³/mol. The molecule has 1 aliphatic heterocycles. The molecule has 0 saturated carbocycles. The third kappa shape index (κ3) is 32.3. The zero-order valence-electron chi connectivity index (χ0n) is 41.6. The Morgan fingerprint density at radius 1 is 0.615 bits per heavy atom. The molecule has 11 heteroatoms. The largest absolute Gasteiger partial charge is 0.454 e. The van der Waals surface area contributed by atoms with Crippen LogP contribution in [0.15, 0.2) is 36.5 Å². The smallest absolute Gasteiger partial charge is 0.306 e. The summed E-state index contributed by atoms with van der Waals surface area (Å²) in [5.41, 5.74) is 0. The topological polar surface area (TPSA) is 175 Å². The second-order valence-electron chi connectivity index (χ2n) is 18.6. The third-order valence-electron chi connectivity index (χ3n) is 12.6. The third-order valence-corrected chi connectivity index (χ3v) is 12.6. The normalized spacial score (nSPS) is 20.5. The highest BCUT2D eigenvalue weighted by atomic mass is 16.7. The van der Waals surface area contributed by atoms with E-state index in [4.69, 9.17) is 14.2 Å². The summed E-state index contributed by atoms with van der Waals surface area (Å²) < 4.78 is 17.5. The van der Waals surface area contributed by atoms with E-state index in [0.29, 0.717) is 12.8 Å². The fraction of sp³-hybridized carbons (Fsp3) is 0.852. The molecule has 1 fully saturated rings. The van der Waals surface area contributed by atoms with E-state index >= 15 is 0 Å². The molecule has 0 spiro atoms. The zero-order chi connectivity index (χ0) is 47.6. The van der Waals surface area contributed by atoms with Crippen molar-refractivity contribution in [1.29, 1.82) is 0 Å². The highest BCUT2D eigenvalue weighted by Crippen LogP contribution is 2.26. The standard InChI is InChI=1S/C54H99NO10/c1-4-7-10-13-16-19-22-24-27-29-32-35-38-41-47(58)53(62)55-45(46(57)40-37-34-31-28-26-23-20-17-14-11-8-5-2)44-63-54-52(51(61)50(60)48(43-56)64-54)65-49(59)42-39-36-33-30-25-21-18-15-12-9-6-3/h7,10,16,19,37,40,45-48,50-52,54,56-58,60-61H,4-6,8-9,11-15,17-18,20-36,38-39,41-44H2,1-3H3,(H,55,62)/b10-7+,19-16+,40-37+. The molecule has 0 radical (unpaired) electrons. The molecule has 6 N–H and O–H groups in total. The molecule has 65 heavy (non-hydrogen) atoms. The van der Waals surface area contributed by atoms with Crippen molar-refractivity contribution in [1.82, 2.24) is 5.32 Å². The molecule has 8 unspecified atom stereocenters. The van der Waals surface area contributed by atoms with Gasteiger partial charge in [-0.3, -0.25) is 9.59 Å². The summed E-state index contributed by atoms with van der Waals surface area (Å²) in [5.74, 6) is -1.20. The lowest BCUT2D eigenvalue weighted by Gasteiger charge is -2.41. The van der Waals surface area contributed by atoms with Crippen LogP contribution in [0.25, 0.3) is 0 Å². The van der Waals surface area contributed by atoms with Gasteiger partial charge in [-0.05, 0) is 51.4 Å². The van der Waals surface area contributed by atoms with Gasteiger partial charge in [0.05, 0.1) is 25.4 Å². The summed E-state index contributed by atoms with van der Waals surface area (Å²) in [6.07, 6.45) is 37.7. The summed E-state index contributed by atoms with van der Waals surface area (Å²) >= 11 is 0. The summed E-state index contributed by atoms with van der Waals surface area (Å²) in [7, 11) is 0. The van der Waals surface area contributed by atoms with Crippen LogP contribution < -0.4 is 5.32 Å². The molecule has 1 rings (SSSR count). The Bertz CT molecular complexity index is 1200. The van der Waals surface area contributed by atoms with Crippen LogP contribution in [0, 0.1) is 0 Å². The number of unbranched alkanes of at least 4 members (excludes halogenated alkanes) is 26. The number of hydrogen-bond donors (Lipinski definition) is 6. The molecule has 8 atom stereocenters. The molecule has 0 aromatic rings. The minimum Gasteiger partial charge on any atom is -0.454 e. The number of rotatable bonds is 44. The number of aliphatic hydroxyl groups is 5. The molecule has 1 aliphatic rings. The van der Waals surface area contributed by atoms with E-state index in [0.717, 1.165) is 89.9 Å². The Labute approximate surface area is 396 Å². The number of nitrogens with one attached hydrogen (secondary N) is 1. The first-order chi connectivity index (χ1) is 31.7. The van der Waals surface area contributed by atoms with E-state index in [2.05, 4.69) is 50.4 Å². The monoisotopic (exact) mass is 922 g/mol. The van der Waals surface area contributed by atoms with Crippen LogP contribution in [-0.4, -0.2) is 99.6 Å². The maximum absolute atomic E-state index is 13.3. The predicted octanol–water partition coefficient (Wildman–Crippen LogP) is 11.2. The van der Waals surface area contributed by atoms with Gasteiger partial charge in [-0.25, -0.2) is 0 Å². The average Bonchev–Trinajstić information content (AvgIpc) is 3.30. The van der Waals surface area contributed by atoms with E-state index in [9.17, 15) is 35.1 Å². The van der Waals surface area contributed by atoms with Crippen molar-refractivity contribution in [3.8, 4) is 0 Å². The molecule has 0 bridgehead atoms. The van der Waals surface area contributed by atoms with E-state index in [1.807, 2.05) is 6.08 Å². The van der Waals surface area contributed by atoms with Gasteiger partial charge in [-0.1, -0.05) is 211 Å². The second-order valence-corrected chi connectivity index (χ2v) is 18.6. The minimum absolute atomic E-state index is 0.126. The number of aliphatic hydroxyl groups excluding tert-OH is 5. The van der Waals surface area contributed by atoms with Gasteiger partial charge in [0.2, 0.25) is 5.91 Å². The Morgan fingerprint density at radius 2 is 1.11 bits per heavy atom. The van der Waals surface area contributed by atoms with Crippen LogP contribution in [-0.2, 0) is 23.8 Å². The molecule has 380 valence electrons. The molecule has 1 amide bonds. The van der Waals surface area contributed by atoms with Gasteiger partial charge in [0, 0.05) is 6.42 Å². The molecule has 0 aromatic carbocycles. The van der Waals surface area contributed by atoms with Crippen LogP contribution in [0.1, 0.15) is 233 Å². The molecule has 11 nitrogen and oxygen atoms in total. The lowest BCUT2D eigenvalue weighted by Crippen LogP contribution is -2.61. The zero-order valence-corrected chi connectivity index (χ0v) is 41.6. The van der Waals surface area contributed by atoms with E-state index in [-0.39, 0.29) is 19.4 Å². The van der Waals surface area contributed by atoms with Crippen molar-refractivity contribution in [2.75, 3.05) is 13.2 Å². The number of carbonyl (C=O) groups is 2. The minimum atomic E-state index is -1.61. The number of allylic oxidation sites excluding steroid dienone is 5. The Hall–Kier alpha value is -2.12. The SMILES string of the molecule is CC/C=C/C/C=C/CCCCCCCCC(O)C(=O)NC(COC1OC(CO)C(O)C(O)C1OC(=O)CCCCCCCCCCCCC)C(O)/C=C/CCCCCCCCCCCC. The summed E-state index contributed by atoms with van der Waals surface area (Å²) in [4.78, 5) is 26.3. The first-order valence-corrected chi connectivity index (χ1v) is 26.8. The first kappa shape index (κ1) is 60.9. The Morgan fingerprint density at radius 3 is 1.65 bits per heavy atom. The number of ether oxygens (including phenoxy) is 3. The van der Waals surface area contributed by atoms with E-state index in [1.165, 1.54) is 96.3 Å². The second kappa shape index (κ2) is 43.2. The summed E-state index contributed by atoms with van der Waals surface area (Å²) in [6, 6.07) is -1.02. The fourth-order valence-corrected chi connectivity index (χ4v) is 8.28. The highest BCUT2D eigenvalue weighted by molar-refractivity contribution is 5.80.